The molecule has 0 amide bonds. The van der Waals surface area contributed by atoms with Crippen LogP contribution in [0.5, 0.6) is 0 Å². The van der Waals surface area contributed by atoms with Crippen molar-refractivity contribution in [3.05, 3.63) is 29.4 Å². The number of piperidine rings is 1. The fraction of sp³-hybridized carbons (Fsp3) is 0.429. The average molecular weight is 391 g/mol. The average Bonchev–Trinajstić information content (AvgIpc) is 3.21. The molecule has 12 heteroatoms. The molecule has 1 saturated heterocycles. The van der Waals surface area contributed by atoms with Gasteiger partial charge in [-0.2, -0.15) is 18.2 Å². The van der Waals surface area contributed by atoms with Crippen molar-refractivity contribution >= 4 is 28.6 Å². The van der Waals surface area contributed by atoms with E-state index in [1.54, 1.807) is 9.47 Å². The molecule has 0 spiro atoms. The SMILES string of the molecule is Fc1cn(C2CCN(c3noc(C(F)(F)F)n3)CC2)c2ncnc(Cl)c12. The van der Waals surface area contributed by atoms with Crippen molar-refractivity contribution in [2.45, 2.75) is 25.1 Å². The topological polar surface area (TPSA) is 72.9 Å². The molecule has 0 radical (unpaired) electrons. The van der Waals surface area contributed by atoms with Crippen LogP contribution < -0.4 is 4.90 Å². The highest BCUT2D eigenvalue weighted by Crippen LogP contribution is 2.33. The molecule has 0 saturated carbocycles. The Kier molecular flexibility index (Phi) is 3.98. The number of fused-ring (bicyclic) bond motifs is 1. The van der Waals surface area contributed by atoms with Crippen LogP contribution in [0.15, 0.2) is 17.0 Å². The van der Waals surface area contributed by atoms with E-state index in [0.717, 1.165) is 0 Å². The van der Waals surface area contributed by atoms with Gasteiger partial charge in [0.15, 0.2) is 5.82 Å². The summed E-state index contributed by atoms with van der Waals surface area (Å²) in [5.74, 6) is -2.00. The Labute approximate surface area is 148 Å². The molecule has 7 nitrogen and oxygen atoms in total. The lowest BCUT2D eigenvalue weighted by atomic mass is 10.1. The quantitative estimate of drug-likeness (QED) is 0.493. The second-order valence-electron chi connectivity index (χ2n) is 5.86. The standard InChI is InChI=1S/C14H11ClF4N6O/c15-10-9-8(16)5-25(11(9)21-6-20-10)7-1-3-24(4-2-7)13-22-12(26-23-13)14(17,18)19/h5-7H,1-4H2. The zero-order valence-corrected chi connectivity index (χ0v) is 13.8. The third-order valence-corrected chi connectivity index (χ3v) is 4.60. The second kappa shape index (κ2) is 6.08. The van der Waals surface area contributed by atoms with E-state index in [0.29, 0.717) is 31.6 Å². The number of halogens is 5. The number of anilines is 1. The van der Waals surface area contributed by atoms with Crippen LogP contribution in [0, 0.1) is 5.82 Å². The van der Waals surface area contributed by atoms with Crippen molar-refractivity contribution in [3.8, 4) is 0 Å². The van der Waals surface area contributed by atoms with E-state index in [1.807, 2.05) is 0 Å². The predicted octanol–water partition coefficient (Wildman–Crippen LogP) is 3.47. The Bertz CT molecular complexity index is 947. The fourth-order valence-corrected chi connectivity index (χ4v) is 3.30. The van der Waals surface area contributed by atoms with E-state index in [2.05, 4.69) is 24.6 Å². The van der Waals surface area contributed by atoms with E-state index >= 15 is 0 Å². The molecule has 0 aromatic carbocycles. The summed E-state index contributed by atoms with van der Waals surface area (Å²) in [5.41, 5.74) is 0.389. The first kappa shape index (κ1) is 17.0. The first-order valence-corrected chi connectivity index (χ1v) is 8.05. The lowest BCUT2D eigenvalue weighted by molar-refractivity contribution is -0.159. The third-order valence-electron chi connectivity index (χ3n) is 4.32. The Morgan fingerprint density at radius 3 is 2.58 bits per heavy atom. The highest BCUT2D eigenvalue weighted by molar-refractivity contribution is 6.34. The maximum atomic E-state index is 14.1. The zero-order chi connectivity index (χ0) is 18.5. The normalized spacial score (nSPS) is 16.6. The van der Waals surface area contributed by atoms with Crippen LogP contribution in [0.4, 0.5) is 23.5 Å². The second-order valence-corrected chi connectivity index (χ2v) is 6.22. The van der Waals surface area contributed by atoms with E-state index in [1.165, 1.54) is 12.5 Å². The zero-order valence-electron chi connectivity index (χ0n) is 13.0. The molecule has 0 aliphatic carbocycles. The molecular formula is C14H11ClF4N6O. The van der Waals surface area contributed by atoms with Crippen molar-refractivity contribution in [1.82, 2.24) is 24.7 Å². The van der Waals surface area contributed by atoms with Crippen LogP contribution in [0.3, 0.4) is 0 Å². The number of hydrogen-bond donors (Lipinski definition) is 0. The van der Waals surface area contributed by atoms with Crippen LogP contribution in [-0.4, -0.2) is 37.8 Å². The third kappa shape index (κ3) is 2.85. The van der Waals surface area contributed by atoms with Crippen LogP contribution in [0.2, 0.25) is 5.15 Å². The summed E-state index contributed by atoms with van der Waals surface area (Å²) < 4.78 is 57.8. The summed E-state index contributed by atoms with van der Waals surface area (Å²) >= 11 is 5.93. The Balaban J connectivity index is 1.52. The molecule has 0 unspecified atom stereocenters. The lowest BCUT2D eigenvalue weighted by Crippen LogP contribution is -2.35. The van der Waals surface area contributed by atoms with Crippen LogP contribution in [0.1, 0.15) is 24.8 Å². The summed E-state index contributed by atoms with van der Waals surface area (Å²) in [6.07, 6.45) is -1.01. The molecule has 138 valence electrons. The summed E-state index contributed by atoms with van der Waals surface area (Å²) in [4.78, 5) is 12.9. The molecule has 1 fully saturated rings. The molecule has 4 rings (SSSR count). The van der Waals surface area contributed by atoms with Gasteiger partial charge < -0.3 is 14.0 Å². The van der Waals surface area contributed by atoms with Gasteiger partial charge in [0.05, 0.1) is 5.39 Å². The van der Waals surface area contributed by atoms with Gasteiger partial charge in [-0.3, -0.25) is 0 Å². The van der Waals surface area contributed by atoms with Crippen molar-refractivity contribution in [3.63, 3.8) is 0 Å². The molecule has 4 heterocycles. The summed E-state index contributed by atoms with van der Waals surface area (Å²) in [7, 11) is 0. The highest BCUT2D eigenvalue weighted by Gasteiger charge is 2.39. The predicted molar refractivity (Wildman–Crippen MR) is 82.3 cm³/mol. The maximum absolute atomic E-state index is 14.1. The van der Waals surface area contributed by atoms with Gasteiger partial charge in [-0.25, -0.2) is 14.4 Å². The highest BCUT2D eigenvalue weighted by atomic mass is 35.5. The smallest absolute Gasteiger partial charge is 0.338 e. The minimum absolute atomic E-state index is 0.0372. The van der Waals surface area contributed by atoms with Gasteiger partial charge in [0.25, 0.3) is 5.95 Å². The van der Waals surface area contributed by atoms with Gasteiger partial charge in [0.2, 0.25) is 0 Å². The molecule has 26 heavy (non-hydrogen) atoms. The van der Waals surface area contributed by atoms with Crippen LogP contribution in [0.25, 0.3) is 11.0 Å². The van der Waals surface area contributed by atoms with E-state index in [-0.39, 0.29) is 22.5 Å². The molecule has 3 aromatic heterocycles. The van der Waals surface area contributed by atoms with Gasteiger partial charge >= 0.3 is 12.1 Å². The largest absolute Gasteiger partial charge is 0.471 e. The first-order chi connectivity index (χ1) is 12.3. The Morgan fingerprint density at radius 1 is 1.19 bits per heavy atom. The Hall–Kier alpha value is -2.43. The van der Waals surface area contributed by atoms with E-state index in [9.17, 15) is 17.6 Å². The van der Waals surface area contributed by atoms with Crippen molar-refractivity contribution in [2.75, 3.05) is 18.0 Å². The summed E-state index contributed by atoms with van der Waals surface area (Å²) in [5, 5.41) is 3.58. The number of hydrogen-bond acceptors (Lipinski definition) is 6. The molecule has 0 N–H and O–H groups in total. The monoisotopic (exact) mass is 390 g/mol. The van der Waals surface area contributed by atoms with Crippen LogP contribution in [-0.2, 0) is 6.18 Å². The van der Waals surface area contributed by atoms with Gasteiger partial charge in [-0.05, 0) is 18.0 Å². The number of rotatable bonds is 2. The minimum Gasteiger partial charge on any atom is -0.338 e. The minimum atomic E-state index is -4.68. The number of alkyl halides is 3. The van der Waals surface area contributed by atoms with E-state index < -0.39 is 17.9 Å². The Morgan fingerprint density at radius 2 is 1.92 bits per heavy atom. The van der Waals surface area contributed by atoms with Gasteiger partial charge in [0, 0.05) is 25.3 Å². The van der Waals surface area contributed by atoms with Crippen LogP contribution >= 0.6 is 11.6 Å². The molecule has 0 atom stereocenters. The van der Waals surface area contributed by atoms with Crippen molar-refractivity contribution in [2.24, 2.45) is 0 Å². The van der Waals surface area contributed by atoms with E-state index in [4.69, 9.17) is 11.6 Å². The number of nitrogens with zero attached hydrogens (tertiary/aromatic N) is 6. The summed E-state index contributed by atoms with van der Waals surface area (Å²) in [6, 6.07) is -0.0850. The van der Waals surface area contributed by atoms with Crippen molar-refractivity contribution < 1.29 is 22.1 Å². The summed E-state index contributed by atoms with van der Waals surface area (Å²) in [6.45, 7) is 0.781. The fourth-order valence-electron chi connectivity index (χ4n) is 3.09. The molecule has 3 aromatic rings. The van der Waals surface area contributed by atoms with Gasteiger partial charge in [-0.1, -0.05) is 11.6 Å². The maximum Gasteiger partial charge on any atom is 0.471 e. The molecule has 1 aliphatic rings. The molecule has 1 aliphatic heterocycles. The number of aromatic nitrogens is 5. The first-order valence-electron chi connectivity index (χ1n) is 7.67. The van der Waals surface area contributed by atoms with Crippen molar-refractivity contribution in [1.29, 1.82) is 0 Å². The lowest BCUT2D eigenvalue weighted by Gasteiger charge is -2.31. The molecular weight excluding hydrogens is 380 g/mol. The van der Waals surface area contributed by atoms with Gasteiger partial charge in [0.1, 0.15) is 17.1 Å². The molecule has 0 bridgehead atoms. The van der Waals surface area contributed by atoms with Gasteiger partial charge in [-0.15, -0.1) is 0 Å².